The highest BCUT2D eigenvalue weighted by molar-refractivity contribution is 6.99. The quantitative estimate of drug-likeness (QED) is 0.747. The Labute approximate surface area is 86.5 Å². The minimum atomic E-state index is -0.223. The van der Waals surface area contributed by atoms with E-state index in [0.29, 0.717) is 12.1 Å². The number of amides is 1. The summed E-state index contributed by atoms with van der Waals surface area (Å²) < 4.78 is 7.56. The largest absolute Gasteiger partial charge is 0.396 e. The third-order valence-corrected chi connectivity index (χ3v) is 2.38. The van der Waals surface area contributed by atoms with Crippen LogP contribution in [0.4, 0.5) is 0 Å². The van der Waals surface area contributed by atoms with Crippen LogP contribution in [0.1, 0.15) is 30.3 Å². The molecule has 1 rings (SSSR count). The Hall–Kier alpha value is -1.01. The van der Waals surface area contributed by atoms with Gasteiger partial charge in [0.2, 0.25) is 0 Å². The third-order valence-electron chi connectivity index (χ3n) is 1.90. The van der Waals surface area contributed by atoms with Gasteiger partial charge in [-0.15, -0.1) is 0 Å². The van der Waals surface area contributed by atoms with Gasteiger partial charge in [0.25, 0.3) is 5.91 Å². The van der Waals surface area contributed by atoms with Crippen LogP contribution < -0.4 is 5.32 Å². The highest BCUT2D eigenvalue weighted by Crippen LogP contribution is 2.00. The van der Waals surface area contributed by atoms with Crippen molar-refractivity contribution in [2.45, 2.75) is 25.8 Å². The van der Waals surface area contributed by atoms with Crippen molar-refractivity contribution in [2.24, 2.45) is 0 Å². The summed E-state index contributed by atoms with van der Waals surface area (Å²) in [5.41, 5.74) is 0.339. The molecule has 0 saturated heterocycles. The van der Waals surface area contributed by atoms with Gasteiger partial charge < -0.3 is 10.4 Å². The van der Waals surface area contributed by atoms with E-state index in [0.717, 1.165) is 18.1 Å². The maximum atomic E-state index is 11.5. The Morgan fingerprint density at radius 1 is 1.79 bits per heavy atom. The van der Waals surface area contributed by atoms with E-state index in [4.69, 9.17) is 5.11 Å². The van der Waals surface area contributed by atoms with Crippen LogP contribution in [-0.4, -0.2) is 32.4 Å². The predicted molar refractivity (Wildman–Crippen MR) is 53.2 cm³/mol. The Bertz CT molecular complexity index is 276. The molecule has 0 spiro atoms. The number of hydrogen-bond acceptors (Lipinski definition) is 5. The fourth-order valence-corrected chi connectivity index (χ4v) is 1.47. The van der Waals surface area contributed by atoms with E-state index in [2.05, 4.69) is 14.1 Å². The summed E-state index contributed by atoms with van der Waals surface area (Å²) in [4.78, 5) is 11.5. The standard InChI is InChI=1S/C8H13N3O2S/c1-2-6(3-4-12)10-8(13)7-5-9-14-11-7/h5-6,12H,2-4H2,1H3,(H,10,13). The first kappa shape index (κ1) is 11.1. The Morgan fingerprint density at radius 3 is 3.07 bits per heavy atom. The maximum Gasteiger partial charge on any atom is 0.272 e. The molecule has 0 radical (unpaired) electrons. The zero-order valence-corrected chi connectivity index (χ0v) is 8.75. The van der Waals surface area contributed by atoms with Crippen LogP contribution in [0.15, 0.2) is 6.20 Å². The van der Waals surface area contributed by atoms with Gasteiger partial charge in [-0.3, -0.25) is 4.79 Å². The lowest BCUT2D eigenvalue weighted by atomic mass is 10.1. The summed E-state index contributed by atoms with van der Waals surface area (Å²) in [6.45, 7) is 2.04. The molecule has 0 aliphatic carbocycles. The van der Waals surface area contributed by atoms with Gasteiger partial charge in [-0.1, -0.05) is 6.92 Å². The number of aliphatic hydroxyl groups is 1. The first-order valence-electron chi connectivity index (χ1n) is 4.47. The molecule has 0 fully saturated rings. The number of carbonyl (C=O) groups is 1. The van der Waals surface area contributed by atoms with E-state index in [1.54, 1.807) is 0 Å². The van der Waals surface area contributed by atoms with Crippen molar-refractivity contribution < 1.29 is 9.90 Å². The number of aliphatic hydroxyl groups excluding tert-OH is 1. The molecule has 1 aromatic rings. The summed E-state index contributed by atoms with van der Waals surface area (Å²) in [7, 11) is 0. The Morgan fingerprint density at radius 2 is 2.57 bits per heavy atom. The summed E-state index contributed by atoms with van der Waals surface area (Å²) >= 11 is 1.01. The molecule has 1 amide bonds. The van der Waals surface area contributed by atoms with Crippen molar-refractivity contribution in [3.63, 3.8) is 0 Å². The molecule has 6 heteroatoms. The second kappa shape index (κ2) is 5.66. The van der Waals surface area contributed by atoms with Gasteiger partial charge in [-0.2, -0.15) is 8.75 Å². The third kappa shape index (κ3) is 3.04. The zero-order chi connectivity index (χ0) is 10.4. The fourth-order valence-electron chi connectivity index (χ4n) is 1.06. The van der Waals surface area contributed by atoms with Gasteiger partial charge in [-0.05, 0) is 12.8 Å². The minimum Gasteiger partial charge on any atom is -0.396 e. The molecule has 1 unspecified atom stereocenters. The molecule has 0 bridgehead atoms. The van der Waals surface area contributed by atoms with Gasteiger partial charge in [0.15, 0.2) is 5.69 Å². The van der Waals surface area contributed by atoms with Gasteiger partial charge in [0.05, 0.1) is 17.9 Å². The SMILES string of the molecule is CCC(CCO)NC(=O)c1cnsn1. The summed E-state index contributed by atoms with van der Waals surface area (Å²) in [6, 6.07) is 0.00852. The summed E-state index contributed by atoms with van der Waals surface area (Å²) in [5, 5.41) is 11.5. The van der Waals surface area contributed by atoms with Gasteiger partial charge in [0, 0.05) is 12.6 Å². The van der Waals surface area contributed by atoms with E-state index >= 15 is 0 Å². The van der Waals surface area contributed by atoms with Gasteiger partial charge in [-0.25, -0.2) is 0 Å². The lowest BCUT2D eigenvalue weighted by Gasteiger charge is -2.14. The molecule has 1 aromatic heterocycles. The monoisotopic (exact) mass is 215 g/mol. The molecule has 0 aliphatic heterocycles. The van der Waals surface area contributed by atoms with Crippen LogP contribution in [0.3, 0.4) is 0 Å². The lowest BCUT2D eigenvalue weighted by molar-refractivity contribution is 0.0925. The second-order valence-electron chi connectivity index (χ2n) is 2.88. The van der Waals surface area contributed by atoms with E-state index in [9.17, 15) is 4.79 Å². The number of rotatable bonds is 5. The van der Waals surface area contributed by atoms with Crippen LogP contribution in [-0.2, 0) is 0 Å². The van der Waals surface area contributed by atoms with Crippen LogP contribution in [0.2, 0.25) is 0 Å². The van der Waals surface area contributed by atoms with E-state index in [-0.39, 0.29) is 18.6 Å². The van der Waals surface area contributed by atoms with Gasteiger partial charge >= 0.3 is 0 Å². The molecule has 1 heterocycles. The van der Waals surface area contributed by atoms with E-state index in [1.807, 2.05) is 6.92 Å². The Balaban J connectivity index is 2.47. The molecule has 5 nitrogen and oxygen atoms in total. The molecule has 1 atom stereocenters. The minimum absolute atomic E-state index is 0.00852. The number of aromatic nitrogens is 2. The van der Waals surface area contributed by atoms with Crippen molar-refractivity contribution >= 4 is 17.6 Å². The van der Waals surface area contributed by atoms with Crippen LogP contribution in [0, 0.1) is 0 Å². The predicted octanol–water partition coefficient (Wildman–Crippen LogP) is 0.429. The highest BCUT2D eigenvalue weighted by Gasteiger charge is 2.13. The van der Waals surface area contributed by atoms with Crippen molar-refractivity contribution in [1.29, 1.82) is 0 Å². The molecule has 0 aliphatic rings. The fraction of sp³-hybridized carbons (Fsp3) is 0.625. The number of carbonyl (C=O) groups excluding carboxylic acids is 1. The Kier molecular flexibility index (Phi) is 4.48. The van der Waals surface area contributed by atoms with Crippen molar-refractivity contribution in [3.05, 3.63) is 11.9 Å². The number of nitrogens with one attached hydrogen (secondary N) is 1. The molecule has 2 N–H and O–H groups in total. The summed E-state index contributed by atoms with van der Waals surface area (Å²) in [6.07, 6.45) is 2.80. The highest BCUT2D eigenvalue weighted by atomic mass is 32.1. The van der Waals surface area contributed by atoms with Crippen molar-refractivity contribution in [3.8, 4) is 0 Å². The topological polar surface area (TPSA) is 75.1 Å². The first-order valence-corrected chi connectivity index (χ1v) is 5.20. The molecule has 0 saturated carbocycles. The van der Waals surface area contributed by atoms with Crippen molar-refractivity contribution in [2.75, 3.05) is 6.61 Å². The van der Waals surface area contributed by atoms with Crippen molar-refractivity contribution in [1.82, 2.24) is 14.1 Å². The first-order chi connectivity index (χ1) is 6.77. The van der Waals surface area contributed by atoms with E-state index < -0.39 is 0 Å². The molecule has 0 aromatic carbocycles. The molecular formula is C8H13N3O2S. The molecular weight excluding hydrogens is 202 g/mol. The van der Waals surface area contributed by atoms with Gasteiger partial charge in [0.1, 0.15) is 0 Å². The average molecular weight is 215 g/mol. The van der Waals surface area contributed by atoms with E-state index in [1.165, 1.54) is 6.20 Å². The number of nitrogens with zero attached hydrogens (tertiary/aromatic N) is 2. The lowest BCUT2D eigenvalue weighted by Crippen LogP contribution is -2.35. The van der Waals surface area contributed by atoms with Crippen LogP contribution in [0.5, 0.6) is 0 Å². The normalized spacial score (nSPS) is 12.4. The second-order valence-corrected chi connectivity index (χ2v) is 3.44. The molecule has 14 heavy (non-hydrogen) atoms. The number of hydrogen-bond donors (Lipinski definition) is 2. The zero-order valence-electron chi connectivity index (χ0n) is 7.93. The average Bonchev–Trinajstić information content (AvgIpc) is 2.69. The van der Waals surface area contributed by atoms with Crippen LogP contribution >= 0.6 is 11.7 Å². The maximum absolute atomic E-state index is 11.5. The van der Waals surface area contributed by atoms with Crippen LogP contribution in [0.25, 0.3) is 0 Å². The molecule has 78 valence electrons. The smallest absolute Gasteiger partial charge is 0.272 e. The summed E-state index contributed by atoms with van der Waals surface area (Å²) in [5.74, 6) is -0.223.